The number of amides is 1. The number of benzene rings is 1. The number of hydrogen-bond donors (Lipinski definition) is 1. The average Bonchev–Trinajstić information content (AvgIpc) is 2.58. The summed E-state index contributed by atoms with van der Waals surface area (Å²) in [5, 5.41) is 2.68. The monoisotopic (exact) mass is 313 g/mol. The molecule has 1 aromatic carbocycles. The van der Waals surface area contributed by atoms with Crippen molar-refractivity contribution < 1.29 is 14.3 Å². The van der Waals surface area contributed by atoms with Gasteiger partial charge in [-0.05, 0) is 31.4 Å². The number of hydrogen-bond acceptors (Lipinski definition) is 5. The molecule has 0 aliphatic carbocycles. The lowest BCUT2D eigenvalue weighted by atomic mass is 10.1. The first kappa shape index (κ1) is 15.4. The standard InChI is InChI=1S/C17H19N3O3/c21-16(10-14-8-4-5-9-22-14)20-17-18-11-15(12-19-17)23-13-6-2-1-3-7-13/h1-3,6-7,11-12,14H,4-5,8-10H2,(H,18,19,20,21). The summed E-state index contributed by atoms with van der Waals surface area (Å²) >= 11 is 0. The van der Waals surface area contributed by atoms with E-state index in [1.54, 1.807) is 0 Å². The largest absolute Gasteiger partial charge is 0.454 e. The van der Waals surface area contributed by atoms with Crippen LogP contribution in [0.25, 0.3) is 0 Å². The van der Waals surface area contributed by atoms with Crippen molar-refractivity contribution in [2.45, 2.75) is 31.8 Å². The fraction of sp³-hybridized carbons (Fsp3) is 0.353. The normalized spacial score (nSPS) is 17.5. The maximum atomic E-state index is 12.0. The Morgan fingerprint density at radius 2 is 1.96 bits per heavy atom. The number of carbonyl (C=O) groups excluding carboxylic acids is 1. The van der Waals surface area contributed by atoms with Crippen molar-refractivity contribution in [2.75, 3.05) is 11.9 Å². The zero-order chi connectivity index (χ0) is 15.9. The van der Waals surface area contributed by atoms with Gasteiger partial charge in [-0.1, -0.05) is 18.2 Å². The summed E-state index contributed by atoms with van der Waals surface area (Å²) in [6.07, 6.45) is 6.53. The molecule has 0 radical (unpaired) electrons. The third kappa shape index (κ3) is 4.75. The Morgan fingerprint density at radius 3 is 2.65 bits per heavy atom. The molecule has 1 atom stereocenters. The molecule has 1 unspecified atom stereocenters. The maximum absolute atomic E-state index is 12.0. The van der Waals surface area contributed by atoms with Gasteiger partial charge in [0.05, 0.1) is 24.9 Å². The lowest BCUT2D eigenvalue weighted by Gasteiger charge is -2.21. The van der Waals surface area contributed by atoms with E-state index in [9.17, 15) is 4.79 Å². The van der Waals surface area contributed by atoms with Crippen molar-refractivity contribution >= 4 is 11.9 Å². The second kappa shape index (κ2) is 7.69. The summed E-state index contributed by atoms with van der Waals surface area (Å²) in [4.78, 5) is 20.2. The highest BCUT2D eigenvalue weighted by molar-refractivity contribution is 5.89. The molecule has 1 aliphatic heterocycles. The Labute approximate surface area is 134 Å². The molecule has 0 saturated carbocycles. The van der Waals surface area contributed by atoms with Crippen molar-refractivity contribution in [1.29, 1.82) is 0 Å². The van der Waals surface area contributed by atoms with E-state index in [4.69, 9.17) is 9.47 Å². The second-order valence-electron chi connectivity index (χ2n) is 5.40. The number of carbonyl (C=O) groups is 1. The van der Waals surface area contributed by atoms with Crippen LogP contribution in [0.15, 0.2) is 42.7 Å². The molecule has 1 N–H and O–H groups in total. The third-order valence-electron chi connectivity index (χ3n) is 3.55. The van der Waals surface area contributed by atoms with Gasteiger partial charge in [-0.3, -0.25) is 10.1 Å². The van der Waals surface area contributed by atoms with E-state index in [1.807, 2.05) is 30.3 Å². The van der Waals surface area contributed by atoms with Crippen LogP contribution in [-0.4, -0.2) is 28.6 Å². The predicted molar refractivity (Wildman–Crippen MR) is 85.4 cm³/mol. The first-order chi connectivity index (χ1) is 11.3. The van der Waals surface area contributed by atoms with Gasteiger partial charge in [-0.15, -0.1) is 0 Å². The van der Waals surface area contributed by atoms with E-state index >= 15 is 0 Å². The van der Waals surface area contributed by atoms with E-state index in [-0.39, 0.29) is 18.0 Å². The smallest absolute Gasteiger partial charge is 0.229 e. The molecule has 1 fully saturated rings. The van der Waals surface area contributed by atoms with E-state index in [0.717, 1.165) is 25.9 Å². The number of nitrogens with one attached hydrogen (secondary N) is 1. The summed E-state index contributed by atoms with van der Waals surface area (Å²) in [5.74, 6) is 1.37. The van der Waals surface area contributed by atoms with Crippen LogP contribution in [0.2, 0.25) is 0 Å². The molecule has 23 heavy (non-hydrogen) atoms. The zero-order valence-electron chi connectivity index (χ0n) is 12.8. The minimum absolute atomic E-state index is 0.00411. The predicted octanol–water partition coefficient (Wildman–Crippen LogP) is 3.17. The molecule has 0 bridgehead atoms. The van der Waals surface area contributed by atoms with Crippen LogP contribution >= 0.6 is 0 Å². The molecule has 1 amide bonds. The van der Waals surface area contributed by atoms with Gasteiger partial charge in [0.25, 0.3) is 0 Å². The van der Waals surface area contributed by atoms with E-state index in [2.05, 4.69) is 15.3 Å². The van der Waals surface area contributed by atoms with Gasteiger partial charge in [0, 0.05) is 6.61 Å². The lowest BCUT2D eigenvalue weighted by molar-refractivity contribution is -0.119. The van der Waals surface area contributed by atoms with Crippen LogP contribution in [0, 0.1) is 0 Å². The van der Waals surface area contributed by atoms with Gasteiger partial charge in [0.15, 0.2) is 5.75 Å². The Morgan fingerprint density at radius 1 is 1.17 bits per heavy atom. The molecule has 6 nitrogen and oxygen atoms in total. The van der Waals surface area contributed by atoms with Crippen LogP contribution in [0.4, 0.5) is 5.95 Å². The van der Waals surface area contributed by atoms with Gasteiger partial charge in [-0.25, -0.2) is 9.97 Å². The minimum Gasteiger partial charge on any atom is -0.454 e. The molecule has 1 saturated heterocycles. The van der Waals surface area contributed by atoms with Crippen LogP contribution in [-0.2, 0) is 9.53 Å². The van der Waals surface area contributed by atoms with Crippen molar-refractivity contribution in [3.63, 3.8) is 0 Å². The van der Waals surface area contributed by atoms with E-state index < -0.39 is 0 Å². The summed E-state index contributed by atoms with van der Waals surface area (Å²) in [5.41, 5.74) is 0. The van der Waals surface area contributed by atoms with Gasteiger partial charge in [0.1, 0.15) is 5.75 Å². The fourth-order valence-corrected chi connectivity index (χ4v) is 2.41. The summed E-state index contributed by atoms with van der Waals surface area (Å²) in [6, 6.07) is 9.38. The summed E-state index contributed by atoms with van der Waals surface area (Å²) in [6.45, 7) is 0.736. The van der Waals surface area contributed by atoms with Crippen LogP contribution in [0.1, 0.15) is 25.7 Å². The van der Waals surface area contributed by atoms with Crippen molar-refractivity contribution in [3.05, 3.63) is 42.7 Å². The zero-order valence-corrected chi connectivity index (χ0v) is 12.8. The van der Waals surface area contributed by atoms with Crippen molar-refractivity contribution in [1.82, 2.24) is 9.97 Å². The maximum Gasteiger partial charge on any atom is 0.229 e. The molecule has 1 aromatic heterocycles. The van der Waals surface area contributed by atoms with Crippen molar-refractivity contribution in [3.8, 4) is 11.5 Å². The first-order valence-corrected chi connectivity index (χ1v) is 7.76. The number of anilines is 1. The Balaban J connectivity index is 1.51. The van der Waals surface area contributed by atoms with Gasteiger partial charge < -0.3 is 9.47 Å². The molecule has 3 rings (SSSR count). The number of ether oxygens (including phenoxy) is 2. The number of nitrogens with zero attached hydrogens (tertiary/aromatic N) is 2. The Hall–Kier alpha value is -2.47. The van der Waals surface area contributed by atoms with Crippen molar-refractivity contribution in [2.24, 2.45) is 0 Å². The molecule has 120 valence electrons. The highest BCUT2D eigenvalue weighted by Crippen LogP contribution is 2.20. The highest BCUT2D eigenvalue weighted by Gasteiger charge is 2.18. The molecule has 2 heterocycles. The third-order valence-corrected chi connectivity index (χ3v) is 3.55. The van der Waals surface area contributed by atoms with Gasteiger partial charge in [0.2, 0.25) is 11.9 Å². The molecule has 1 aliphatic rings. The van der Waals surface area contributed by atoms with Crippen LogP contribution < -0.4 is 10.1 Å². The number of para-hydroxylation sites is 1. The topological polar surface area (TPSA) is 73.3 Å². The highest BCUT2D eigenvalue weighted by atomic mass is 16.5. The Bertz CT molecular complexity index is 625. The van der Waals surface area contributed by atoms with Crippen LogP contribution in [0.3, 0.4) is 0 Å². The quantitative estimate of drug-likeness (QED) is 0.918. The number of aromatic nitrogens is 2. The fourth-order valence-electron chi connectivity index (χ4n) is 2.41. The SMILES string of the molecule is O=C(CC1CCCCO1)Nc1ncc(Oc2ccccc2)cn1. The minimum atomic E-state index is -0.131. The summed E-state index contributed by atoms with van der Waals surface area (Å²) < 4.78 is 11.2. The van der Waals surface area contributed by atoms with E-state index in [0.29, 0.717) is 17.9 Å². The first-order valence-electron chi connectivity index (χ1n) is 7.76. The molecular weight excluding hydrogens is 294 g/mol. The van der Waals surface area contributed by atoms with Gasteiger partial charge >= 0.3 is 0 Å². The lowest BCUT2D eigenvalue weighted by Crippen LogP contribution is -2.26. The Kier molecular flexibility index (Phi) is 5.16. The molecule has 2 aromatic rings. The second-order valence-corrected chi connectivity index (χ2v) is 5.40. The molecular formula is C17H19N3O3. The summed E-state index contributed by atoms with van der Waals surface area (Å²) in [7, 11) is 0. The van der Waals surface area contributed by atoms with Crippen LogP contribution in [0.5, 0.6) is 11.5 Å². The van der Waals surface area contributed by atoms with Gasteiger partial charge in [-0.2, -0.15) is 0 Å². The average molecular weight is 313 g/mol. The molecule has 0 spiro atoms. The van der Waals surface area contributed by atoms with E-state index in [1.165, 1.54) is 12.4 Å². The molecule has 6 heteroatoms. The number of rotatable bonds is 5.